The Hall–Kier alpha value is -3.45. The highest BCUT2D eigenvalue weighted by Gasteiger charge is 2.27. The lowest BCUT2D eigenvalue weighted by atomic mass is 9.94. The van der Waals surface area contributed by atoms with Crippen molar-refractivity contribution >= 4 is 27.5 Å². The molecule has 0 saturated heterocycles. The second-order valence-corrected chi connectivity index (χ2v) is 9.91. The van der Waals surface area contributed by atoms with Crippen molar-refractivity contribution in [2.45, 2.75) is 43.5 Å². The molecule has 8 heteroatoms. The van der Waals surface area contributed by atoms with E-state index in [9.17, 15) is 18.0 Å². The first-order valence-corrected chi connectivity index (χ1v) is 12.1. The van der Waals surface area contributed by atoms with E-state index in [4.69, 9.17) is 5.11 Å². The highest BCUT2D eigenvalue weighted by atomic mass is 32.2. The molecular weight excluding hydrogens is 440 g/mol. The lowest BCUT2D eigenvalue weighted by Gasteiger charge is -2.23. The molecule has 0 radical (unpaired) electrons. The fourth-order valence-electron chi connectivity index (χ4n) is 4.19. The van der Waals surface area contributed by atoms with E-state index in [2.05, 4.69) is 9.71 Å². The summed E-state index contributed by atoms with van der Waals surface area (Å²) in [5.41, 5.74) is 5.25. The molecule has 1 unspecified atom stereocenters. The molecule has 4 rings (SSSR count). The van der Waals surface area contributed by atoms with Crippen molar-refractivity contribution in [2.24, 2.45) is 0 Å². The summed E-state index contributed by atoms with van der Waals surface area (Å²) in [7, 11) is -3.78. The van der Waals surface area contributed by atoms with Gasteiger partial charge in [-0.05, 0) is 72.7 Å². The lowest BCUT2D eigenvalue weighted by Crippen LogP contribution is -2.30. The predicted molar refractivity (Wildman–Crippen MR) is 125 cm³/mol. The third-order valence-corrected chi connectivity index (χ3v) is 7.36. The summed E-state index contributed by atoms with van der Waals surface area (Å²) in [5.74, 6) is 0.957. The summed E-state index contributed by atoms with van der Waals surface area (Å²) >= 11 is 0. The van der Waals surface area contributed by atoms with Crippen molar-refractivity contribution in [1.82, 2.24) is 9.71 Å². The van der Waals surface area contributed by atoms with Gasteiger partial charge < -0.3 is 10.1 Å². The van der Waals surface area contributed by atoms with Gasteiger partial charge in [0.15, 0.2) is 0 Å². The second kappa shape index (κ2) is 9.19. The molecule has 1 aliphatic carbocycles. The molecule has 0 spiro atoms. The number of fused-ring (bicyclic) bond motifs is 1. The number of carboxylic acid groups (broad SMARTS) is 1. The quantitative estimate of drug-likeness (QED) is 0.459. The molecule has 1 atom stereocenters. The molecule has 0 bridgehead atoms. The molecule has 3 aromatic rings. The number of benzene rings is 2. The Morgan fingerprint density at radius 3 is 2.61 bits per heavy atom. The smallest absolute Gasteiger partial charge is 0.309 e. The van der Waals surface area contributed by atoms with Crippen LogP contribution in [0.4, 0.5) is 0 Å². The fraction of sp³-hybridized carbons (Fsp3) is 0.240. The Kier molecular flexibility index (Phi) is 6.33. The molecule has 0 amide bonds. The van der Waals surface area contributed by atoms with Crippen molar-refractivity contribution in [3.63, 3.8) is 0 Å². The Labute approximate surface area is 192 Å². The molecule has 0 fully saturated rings. The fourth-order valence-corrected chi connectivity index (χ4v) is 5.44. The molecular formula is C25H24N2O5S. The number of H-pyrrole nitrogens is 1. The number of carboxylic acids is 1. The maximum atomic E-state index is 13.1. The van der Waals surface area contributed by atoms with Gasteiger partial charge in [-0.3, -0.25) is 4.79 Å². The highest BCUT2D eigenvalue weighted by Crippen LogP contribution is 2.32. The molecule has 3 N–H and O–H groups in total. The molecule has 170 valence electrons. The summed E-state index contributed by atoms with van der Waals surface area (Å²) in [5, 5.41) is 9.04. The van der Waals surface area contributed by atoms with Crippen LogP contribution in [0, 0.1) is 0 Å². The molecule has 1 aromatic heterocycles. The van der Waals surface area contributed by atoms with Crippen LogP contribution in [-0.2, 0) is 32.5 Å². The first-order valence-electron chi connectivity index (χ1n) is 10.6. The molecule has 7 nitrogen and oxygen atoms in total. The van der Waals surface area contributed by atoms with Crippen LogP contribution in [0.1, 0.15) is 48.3 Å². The van der Waals surface area contributed by atoms with E-state index in [1.807, 2.05) is 30.2 Å². The number of aromatic amines is 1. The number of allylic oxidation sites excluding steroid dienone is 1. The maximum absolute atomic E-state index is 13.1. The molecule has 1 aliphatic rings. The minimum absolute atomic E-state index is 0.128. The lowest BCUT2D eigenvalue weighted by molar-refractivity contribution is -0.136. The first kappa shape index (κ1) is 22.7. The van der Waals surface area contributed by atoms with E-state index in [-0.39, 0.29) is 11.3 Å². The molecule has 1 heterocycles. The number of aliphatic carboxylic acids is 1. The summed E-state index contributed by atoms with van der Waals surface area (Å²) in [6.07, 6.45) is 2.08. The number of aromatic nitrogens is 1. The highest BCUT2D eigenvalue weighted by molar-refractivity contribution is 7.89. The van der Waals surface area contributed by atoms with E-state index < -0.39 is 22.0 Å². The minimum Gasteiger partial charge on any atom is -0.481 e. The van der Waals surface area contributed by atoms with Gasteiger partial charge in [-0.25, -0.2) is 17.9 Å². The van der Waals surface area contributed by atoms with Crippen LogP contribution in [0.15, 0.2) is 59.5 Å². The molecule has 2 aromatic carbocycles. The third-order valence-electron chi connectivity index (χ3n) is 5.87. The first-order chi connectivity index (χ1) is 15.8. The Balaban J connectivity index is 1.55. The number of sulfonamides is 1. The van der Waals surface area contributed by atoms with Gasteiger partial charge >= 0.3 is 5.97 Å². The van der Waals surface area contributed by atoms with Crippen molar-refractivity contribution in [1.29, 1.82) is 0 Å². The number of hydrogen-bond donors (Lipinski definition) is 3. The molecule has 0 aliphatic heterocycles. The van der Waals surface area contributed by atoms with E-state index in [1.54, 1.807) is 37.3 Å². The van der Waals surface area contributed by atoms with E-state index in [0.717, 1.165) is 40.8 Å². The predicted octanol–water partition coefficient (Wildman–Crippen LogP) is 3.90. The maximum Gasteiger partial charge on any atom is 0.309 e. The van der Waals surface area contributed by atoms with Gasteiger partial charge in [0, 0.05) is 23.0 Å². The zero-order valence-corrected chi connectivity index (χ0v) is 18.9. The van der Waals surface area contributed by atoms with Gasteiger partial charge in [0.25, 0.3) is 0 Å². The average molecular weight is 465 g/mol. The number of carbonyl (C=O) groups is 1. The SMILES string of the molecule is CC(=C=O)c1cccc(-c2ccc(S(=O)(=O)NC3CCCc4[nH]c(CC(=O)O)cc43)cc2)c1. The van der Waals surface area contributed by atoms with Crippen molar-refractivity contribution in [3.05, 3.63) is 77.1 Å². The average Bonchev–Trinajstić information content (AvgIpc) is 3.21. The van der Waals surface area contributed by atoms with Gasteiger partial charge in [-0.2, -0.15) is 0 Å². The summed E-state index contributed by atoms with van der Waals surface area (Å²) < 4.78 is 28.9. The minimum atomic E-state index is -3.78. The van der Waals surface area contributed by atoms with Crippen LogP contribution < -0.4 is 4.72 Å². The number of aryl methyl sites for hydroxylation is 1. The Morgan fingerprint density at radius 1 is 1.15 bits per heavy atom. The van der Waals surface area contributed by atoms with Gasteiger partial charge in [0.05, 0.1) is 11.3 Å². The van der Waals surface area contributed by atoms with E-state index in [1.165, 1.54) is 0 Å². The summed E-state index contributed by atoms with van der Waals surface area (Å²) in [4.78, 5) is 25.2. The van der Waals surface area contributed by atoms with Crippen molar-refractivity contribution in [2.75, 3.05) is 0 Å². The zero-order chi connectivity index (χ0) is 23.6. The molecule has 33 heavy (non-hydrogen) atoms. The van der Waals surface area contributed by atoms with Crippen LogP contribution in [-0.4, -0.2) is 30.4 Å². The Bertz CT molecular complexity index is 1350. The number of hydrogen-bond acceptors (Lipinski definition) is 4. The van der Waals surface area contributed by atoms with E-state index >= 15 is 0 Å². The Morgan fingerprint density at radius 2 is 1.91 bits per heavy atom. The van der Waals surface area contributed by atoms with Crippen LogP contribution >= 0.6 is 0 Å². The van der Waals surface area contributed by atoms with Crippen LogP contribution in [0.3, 0.4) is 0 Å². The van der Waals surface area contributed by atoms with Crippen molar-refractivity contribution in [3.8, 4) is 11.1 Å². The zero-order valence-electron chi connectivity index (χ0n) is 18.1. The topological polar surface area (TPSA) is 116 Å². The number of nitrogens with one attached hydrogen (secondary N) is 2. The van der Waals surface area contributed by atoms with Crippen LogP contribution in [0.5, 0.6) is 0 Å². The summed E-state index contributed by atoms with van der Waals surface area (Å²) in [6, 6.07) is 15.4. The van der Waals surface area contributed by atoms with Crippen LogP contribution in [0.2, 0.25) is 0 Å². The standard InChI is InChI=1S/C25H24N2O5S/c1-16(15-28)18-4-2-5-19(12-18)17-8-10-21(11-9-17)33(31,32)27-24-7-3-6-23-22(24)13-20(26-23)14-25(29)30/h2,4-5,8-13,24,26-27H,3,6-7,14H2,1H3,(H,29,30). The van der Waals surface area contributed by atoms with Crippen molar-refractivity contribution < 1.29 is 23.1 Å². The monoisotopic (exact) mass is 464 g/mol. The third kappa shape index (κ3) is 4.98. The second-order valence-electron chi connectivity index (χ2n) is 8.20. The normalized spacial score (nSPS) is 15.5. The van der Waals surface area contributed by atoms with Gasteiger partial charge in [0.2, 0.25) is 10.0 Å². The van der Waals surface area contributed by atoms with Crippen LogP contribution in [0.25, 0.3) is 16.7 Å². The van der Waals surface area contributed by atoms with Gasteiger partial charge in [0.1, 0.15) is 5.94 Å². The van der Waals surface area contributed by atoms with E-state index in [0.29, 0.717) is 17.7 Å². The number of rotatable bonds is 7. The number of carbonyl (C=O) groups excluding carboxylic acids is 1. The molecule has 0 saturated carbocycles. The van der Waals surface area contributed by atoms with Gasteiger partial charge in [-0.15, -0.1) is 0 Å². The largest absolute Gasteiger partial charge is 0.481 e. The van der Waals surface area contributed by atoms with Gasteiger partial charge in [-0.1, -0.05) is 30.3 Å². The summed E-state index contributed by atoms with van der Waals surface area (Å²) in [6.45, 7) is 1.69.